The molecule has 1 unspecified atom stereocenters. The molecule has 0 heterocycles. The molecule has 0 saturated carbocycles. The predicted molar refractivity (Wildman–Crippen MR) is 96.3 cm³/mol. The van der Waals surface area contributed by atoms with Crippen LogP contribution in [-0.2, 0) is 11.3 Å². The summed E-state index contributed by atoms with van der Waals surface area (Å²) in [7, 11) is 1.91. The van der Waals surface area contributed by atoms with E-state index in [4.69, 9.17) is 28.5 Å². The fourth-order valence-electron chi connectivity index (χ4n) is 2.29. The number of nitriles is 1. The molecule has 1 amide bonds. The first kappa shape index (κ1) is 18.3. The Morgan fingerprint density at radius 2 is 1.96 bits per heavy atom. The number of rotatable bonds is 5. The van der Waals surface area contributed by atoms with Crippen LogP contribution in [0.5, 0.6) is 0 Å². The van der Waals surface area contributed by atoms with Crippen molar-refractivity contribution in [2.75, 3.05) is 12.4 Å². The standard InChI is InChI=1S/C18H17Cl2N3O/c1-12(18(24)22-16-9-4-3-6-13(16)10-21)23(2)11-14-7-5-8-15(19)17(14)20/h3-9,12H,11H2,1-2H3,(H,22,24)/p+1/t12-/m1/s1. The molecule has 0 aromatic heterocycles. The van der Waals surface area contributed by atoms with E-state index in [1.54, 1.807) is 30.3 Å². The van der Waals surface area contributed by atoms with Gasteiger partial charge in [-0.3, -0.25) is 4.79 Å². The van der Waals surface area contributed by atoms with E-state index in [2.05, 4.69) is 11.4 Å². The Bertz CT molecular complexity index is 786. The van der Waals surface area contributed by atoms with Crippen molar-refractivity contribution < 1.29 is 9.69 Å². The molecule has 0 spiro atoms. The number of quaternary nitrogens is 1. The minimum absolute atomic E-state index is 0.159. The van der Waals surface area contributed by atoms with Gasteiger partial charge in [0.1, 0.15) is 12.6 Å². The molecule has 0 aliphatic heterocycles. The summed E-state index contributed by atoms with van der Waals surface area (Å²) in [5.74, 6) is -0.159. The lowest BCUT2D eigenvalue weighted by atomic mass is 10.1. The van der Waals surface area contributed by atoms with E-state index >= 15 is 0 Å². The van der Waals surface area contributed by atoms with Gasteiger partial charge in [-0.05, 0) is 25.1 Å². The number of halogens is 2. The smallest absolute Gasteiger partial charge is 0.282 e. The Morgan fingerprint density at radius 3 is 2.67 bits per heavy atom. The molecule has 2 N–H and O–H groups in total. The molecule has 0 fully saturated rings. The summed E-state index contributed by atoms with van der Waals surface area (Å²) in [5, 5.41) is 12.9. The highest BCUT2D eigenvalue weighted by Gasteiger charge is 2.23. The largest absolute Gasteiger partial charge is 0.324 e. The Morgan fingerprint density at radius 1 is 1.25 bits per heavy atom. The summed E-state index contributed by atoms with van der Waals surface area (Å²) in [6.07, 6.45) is 0. The maximum atomic E-state index is 12.5. The second-order valence-corrected chi connectivity index (χ2v) is 6.39. The van der Waals surface area contributed by atoms with E-state index < -0.39 is 0 Å². The SMILES string of the molecule is C[C@H](C(=O)Nc1ccccc1C#N)[NH+](C)Cc1cccc(Cl)c1Cl. The van der Waals surface area contributed by atoms with Crippen LogP contribution in [0.2, 0.25) is 10.0 Å². The highest BCUT2D eigenvalue weighted by Crippen LogP contribution is 2.24. The van der Waals surface area contributed by atoms with Crippen LogP contribution in [0.3, 0.4) is 0 Å². The third-order valence-electron chi connectivity index (χ3n) is 3.94. The van der Waals surface area contributed by atoms with Gasteiger partial charge in [0.25, 0.3) is 5.91 Å². The molecule has 0 saturated heterocycles. The van der Waals surface area contributed by atoms with E-state index in [1.807, 2.05) is 26.1 Å². The second-order valence-electron chi connectivity index (χ2n) is 5.60. The lowest BCUT2D eigenvalue weighted by Crippen LogP contribution is -3.12. The van der Waals surface area contributed by atoms with Crippen LogP contribution in [0.15, 0.2) is 42.5 Å². The lowest BCUT2D eigenvalue weighted by Gasteiger charge is -2.22. The van der Waals surface area contributed by atoms with E-state index in [-0.39, 0.29) is 11.9 Å². The molecular weight excluding hydrogens is 345 g/mol. The molecule has 6 heteroatoms. The maximum absolute atomic E-state index is 12.5. The number of anilines is 1. The number of amides is 1. The number of hydrogen-bond acceptors (Lipinski definition) is 2. The van der Waals surface area contributed by atoms with Gasteiger partial charge in [-0.1, -0.05) is 47.5 Å². The van der Waals surface area contributed by atoms with E-state index in [0.717, 1.165) is 10.5 Å². The van der Waals surface area contributed by atoms with Gasteiger partial charge in [-0.25, -0.2) is 0 Å². The minimum Gasteiger partial charge on any atom is -0.324 e. The molecule has 2 aromatic rings. The quantitative estimate of drug-likeness (QED) is 0.858. The highest BCUT2D eigenvalue weighted by atomic mass is 35.5. The van der Waals surface area contributed by atoms with Crippen molar-refractivity contribution in [1.29, 1.82) is 5.26 Å². The van der Waals surface area contributed by atoms with Crippen LogP contribution in [0.25, 0.3) is 0 Å². The molecule has 0 radical (unpaired) electrons. The van der Waals surface area contributed by atoms with Crippen LogP contribution in [0.1, 0.15) is 18.1 Å². The first-order chi connectivity index (χ1) is 11.4. The second kappa shape index (κ2) is 8.16. The van der Waals surface area contributed by atoms with Crippen molar-refractivity contribution in [3.8, 4) is 6.07 Å². The number of likely N-dealkylation sites (N-methyl/N-ethyl adjacent to an activating group) is 1. The first-order valence-corrected chi connectivity index (χ1v) is 8.24. The summed E-state index contributed by atoms with van der Waals surface area (Å²) in [6.45, 7) is 2.39. The number of nitrogens with zero attached hydrogens (tertiary/aromatic N) is 1. The van der Waals surface area contributed by atoms with Crippen LogP contribution in [-0.4, -0.2) is 19.0 Å². The zero-order chi connectivity index (χ0) is 17.7. The number of hydrogen-bond donors (Lipinski definition) is 2. The fourth-order valence-corrected chi connectivity index (χ4v) is 2.68. The molecule has 2 aromatic carbocycles. The predicted octanol–water partition coefficient (Wildman–Crippen LogP) is 2.91. The third-order valence-corrected chi connectivity index (χ3v) is 4.80. The van der Waals surface area contributed by atoms with Gasteiger partial charge >= 0.3 is 0 Å². The molecule has 2 atom stereocenters. The molecule has 24 heavy (non-hydrogen) atoms. The zero-order valence-electron chi connectivity index (χ0n) is 13.4. The average molecular weight is 363 g/mol. The average Bonchev–Trinajstić information content (AvgIpc) is 2.58. The maximum Gasteiger partial charge on any atom is 0.282 e. The number of carbonyl (C=O) groups excluding carboxylic acids is 1. The van der Waals surface area contributed by atoms with Crippen LogP contribution < -0.4 is 10.2 Å². The Balaban J connectivity index is 2.07. The van der Waals surface area contributed by atoms with Gasteiger partial charge in [0, 0.05) is 5.56 Å². The number of para-hydroxylation sites is 1. The van der Waals surface area contributed by atoms with Crippen LogP contribution in [0.4, 0.5) is 5.69 Å². The first-order valence-electron chi connectivity index (χ1n) is 7.49. The Hall–Kier alpha value is -2.06. The summed E-state index contributed by atoms with van der Waals surface area (Å²) in [4.78, 5) is 13.4. The molecule has 2 rings (SSSR count). The summed E-state index contributed by atoms with van der Waals surface area (Å²) < 4.78 is 0. The lowest BCUT2D eigenvalue weighted by molar-refractivity contribution is -0.907. The van der Waals surface area contributed by atoms with Crippen molar-refractivity contribution in [3.63, 3.8) is 0 Å². The van der Waals surface area contributed by atoms with Gasteiger partial charge in [0.05, 0.1) is 28.3 Å². The van der Waals surface area contributed by atoms with E-state index in [1.165, 1.54) is 0 Å². The zero-order valence-corrected chi connectivity index (χ0v) is 14.9. The summed E-state index contributed by atoms with van der Waals surface area (Å²) in [6, 6.07) is 14.1. The summed E-state index contributed by atoms with van der Waals surface area (Å²) >= 11 is 12.2. The molecule has 0 bridgehead atoms. The monoisotopic (exact) mass is 362 g/mol. The van der Waals surface area contributed by atoms with Gasteiger partial charge in [-0.15, -0.1) is 0 Å². The normalized spacial score (nSPS) is 13.0. The van der Waals surface area contributed by atoms with Crippen molar-refractivity contribution in [2.24, 2.45) is 0 Å². The number of carbonyl (C=O) groups is 1. The van der Waals surface area contributed by atoms with E-state index in [0.29, 0.717) is 27.8 Å². The highest BCUT2D eigenvalue weighted by molar-refractivity contribution is 6.42. The third kappa shape index (κ3) is 4.27. The van der Waals surface area contributed by atoms with Gasteiger partial charge < -0.3 is 10.2 Å². The number of nitrogens with one attached hydrogen (secondary N) is 2. The number of benzene rings is 2. The van der Waals surface area contributed by atoms with Crippen LogP contribution in [0, 0.1) is 11.3 Å². The molecule has 124 valence electrons. The van der Waals surface area contributed by atoms with Crippen molar-refractivity contribution in [2.45, 2.75) is 19.5 Å². The van der Waals surface area contributed by atoms with Gasteiger partial charge in [0.2, 0.25) is 0 Å². The van der Waals surface area contributed by atoms with Gasteiger partial charge in [-0.2, -0.15) is 5.26 Å². The van der Waals surface area contributed by atoms with E-state index in [9.17, 15) is 4.79 Å². The van der Waals surface area contributed by atoms with Crippen molar-refractivity contribution >= 4 is 34.8 Å². The molecule has 4 nitrogen and oxygen atoms in total. The van der Waals surface area contributed by atoms with Crippen LogP contribution >= 0.6 is 23.2 Å². The topological polar surface area (TPSA) is 57.3 Å². The molecule has 0 aliphatic carbocycles. The van der Waals surface area contributed by atoms with Gasteiger partial charge in [0.15, 0.2) is 6.04 Å². The Kier molecular flexibility index (Phi) is 6.22. The summed E-state index contributed by atoms with van der Waals surface area (Å²) in [5.41, 5.74) is 1.85. The molecule has 0 aliphatic rings. The molecular formula is C18H18Cl2N3O+. The fraction of sp³-hybridized carbons (Fsp3) is 0.222. The minimum atomic E-state index is -0.327. The van der Waals surface area contributed by atoms with Crippen molar-refractivity contribution in [3.05, 3.63) is 63.6 Å². The van der Waals surface area contributed by atoms with Crippen molar-refractivity contribution in [1.82, 2.24) is 0 Å². The Labute approximate surface area is 151 Å².